The van der Waals surface area contributed by atoms with Crippen LogP contribution in [0.4, 0.5) is 0 Å². The molecule has 3 nitrogen and oxygen atoms in total. The largest absolute Gasteiger partial charge is 0.481 e. The highest BCUT2D eigenvalue weighted by atomic mass is 16.5. The molecule has 0 saturated heterocycles. The van der Waals surface area contributed by atoms with Gasteiger partial charge in [-0.2, -0.15) is 0 Å². The summed E-state index contributed by atoms with van der Waals surface area (Å²) in [6.07, 6.45) is 1.77. The molecule has 100 valence electrons. The molecule has 1 heterocycles. The zero-order chi connectivity index (χ0) is 13.7. The van der Waals surface area contributed by atoms with Gasteiger partial charge in [0.1, 0.15) is 0 Å². The van der Waals surface area contributed by atoms with E-state index < -0.39 is 0 Å². The van der Waals surface area contributed by atoms with E-state index in [1.807, 2.05) is 12.1 Å². The second-order valence-corrected chi connectivity index (χ2v) is 4.73. The van der Waals surface area contributed by atoms with Crippen molar-refractivity contribution in [1.29, 1.82) is 0 Å². The van der Waals surface area contributed by atoms with E-state index >= 15 is 0 Å². The Labute approximate surface area is 114 Å². The van der Waals surface area contributed by atoms with E-state index in [9.17, 15) is 0 Å². The monoisotopic (exact) mass is 256 g/mol. The van der Waals surface area contributed by atoms with Gasteiger partial charge in [-0.3, -0.25) is 0 Å². The van der Waals surface area contributed by atoms with E-state index in [1.165, 1.54) is 22.3 Å². The molecule has 0 saturated carbocycles. The number of hydrogen-bond acceptors (Lipinski definition) is 3. The van der Waals surface area contributed by atoms with Gasteiger partial charge in [0, 0.05) is 25.4 Å². The highest BCUT2D eigenvalue weighted by Gasteiger charge is 1.99. The van der Waals surface area contributed by atoms with Crippen molar-refractivity contribution in [1.82, 2.24) is 10.3 Å². The second-order valence-electron chi connectivity index (χ2n) is 4.73. The summed E-state index contributed by atoms with van der Waals surface area (Å²) in [4.78, 5) is 4.10. The van der Waals surface area contributed by atoms with Crippen molar-refractivity contribution in [3.63, 3.8) is 0 Å². The average molecular weight is 256 g/mol. The van der Waals surface area contributed by atoms with Crippen LogP contribution >= 0.6 is 0 Å². The van der Waals surface area contributed by atoms with Crippen LogP contribution in [0.25, 0.3) is 0 Å². The quantitative estimate of drug-likeness (QED) is 0.893. The molecule has 0 spiro atoms. The lowest BCUT2D eigenvalue weighted by Crippen LogP contribution is -2.13. The van der Waals surface area contributed by atoms with Crippen molar-refractivity contribution in [2.24, 2.45) is 0 Å². The third kappa shape index (κ3) is 3.80. The molecule has 0 aliphatic heterocycles. The topological polar surface area (TPSA) is 34.1 Å². The average Bonchev–Trinajstić information content (AvgIpc) is 2.43. The Morgan fingerprint density at radius 2 is 1.74 bits per heavy atom. The molecule has 2 aromatic rings. The molecule has 3 heteroatoms. The highest BCUT2D eigenvalue weighted by Crippen LogP contribution is 2.11. The molecule has 1 N–H and O–H groups in total. The van der Waals surface area contributed by atoms with Crippen LogP contribution in [0.15, 0.2) is 36.5 Å². The molecular formula is C16H20N2O. The van der Waals surface area contributed by atoms with Crippen molar-refractivity contribution >= 4 is 0 Å². The Morgan fingerprint density at radius 3 is 2.42 bits per heavy atom. The second kappa shape index (κ2) is 6.34. The van der Waals surface area contributed by atoms with Crippen LogP contribution in [-0.4, -0.2) is 12.1 Å². The van der Waals surface area contributed by atoms with Gasteiger partial charge >= 0.3 is 0 Å². The fraction of sp³-hybridized carbons (Fsp3) is 0.312. The van der Waals surface area contributed by atoms with Crippen LogP contribution in [0.3, 0.4) is 0 Å². The first-order valence-corrected chi connectivity index (χ1v) is 6.45. The standard InChI is InChI=1S/C16H20N2O/c1-12-4-5-14(8-13(12)2)10-17-11-15-6-7-18-16(9-15)19-3/h4-9,17H,10-11H2,1-3H3. The molecule has 0 aliphatic rings. The van der Waals surface area contributed by atoms with E-state index in [1.54, 1.807) is 13.3 Å². The van der Waals surface area contributed by atoms with Crippen molar-refractivity contribution in [2.75, 3.05) is 7.11 Å². The summed E-state index contributed by atoms with van der Waals surface area (Å²) in [6, 6.07) is 10.5. The molecule has 0 aliphatic carbocycles. The maximum Gasteiger partial charge on any atom is 0.213 e. The molecule has 2 rings (SSSR count). The summed E-state index contributed by atoms with van der Waals surface area (Å²) in [5.74, 6) is 0.658. The molecular weight excluding hydrogens is 236 g/mol. The smallest absolute Gasteiger partial charge is 0.213 e. The summed E-state index contributed by atoms with van der Waals surface area (Å²) >= 11 is 0. The van der Waals surface area contributed by atoms with Gasteiger partial charge in [0.2, 0.25) is 5.88 Å². The normalized spacial score (nSPS) is 10.5. The van der Waals surface area contributed by atoms with Crippen LogP contribution in [-0.2, 0) is 13.1 Å². The summed E-state index contributed by atoms with van der Waals surface area (Å²) in [5.41, 5.74) is 5.16. The minimum Gasteiger partial charge on any atom is -0.481 e. The number of hydrogen-bond donors (Lipinski definition) is 1. The summed E-state index contributed by atoms with van der Waals surface area (Å²) < 4.78 is 5.11. The van der Waals surface area contributed by atoms with Crippen molar-refractivity contribution in [3.8, 4) is 5.88 Å². The SMILES string of the molecule is COc1cc(CNCc2ccc(C)c(C)c2)ccn1. The van der Waals surface area contributed by atoms with E-state index in [4.69, 9.17) is 4.74 Å². The Kier molecular flexibility index (Phi) is 4.53. The molecule has 0 radical (unpaired) electrons. The van der Waals surface area contributed by atoms with Gasteiger partial charge < -0.3 is 10.1 Å². The molecule has 19 heavy (non-hydrogen) atoms. The van der Waals surface area contributed by atoms with Crippen LogP contribution in [0, 0.1) is 13.8 Å². The fourth-order valence-corrected chi connectivity index (χ4v) is 1.94. The third-order valence-electron chi connectivity index (χ3n) is 3.24. The minimum absolute atomic E-state index is 0.658. The van der Waals surface area contributed by atoms with Crippen LogP contribution in [0.5, 0.6) is 5.88 Å². The van der Waals surface area contributed by atoms with Crippen LogP contribution < -0.4 is 10.1 Å². The van der Waals surface area contributed by atoms with Gasteiger partial charge in [-0.1, -0.05) is 18.2 Å². The molecule has 0 bridgehead atoms. The van der Waals surface area contributed by atoms with Gasteiger partial charge in [-0.15, -0.1) is 0 Å². The number of nitrogens with zero attached hydrogens (tertiary/aromatic N) is 1. The lowest BCUT2D eigenvalue weighted by atomic mass is 10.1. The summed E-state index contributed by atoms with van der Waals surface area (Å²) in [7, 11) is 1.63. The molecule has 0 atom stereocenters. The van der Waals surface area contributed by atoms with Crippen molar-refractivity contribution < 1.29 is 4.74 Å². The third-order valence-corrected chi connectivity index (χ3v) is 3.24. The van der Waals surface area contributed by atoms with Crippen LogP contribution in [0.1, 0.15) is 22.3 Å². The Morgan fingerprint density at radius 1 is 1.00 bits per heavy atom. The number of nitrogens with one attached hydrogen (secondary N) is 1. The zero-order valence-corrected chi connectivity index (χ0v) is 11.7. The zero-order valence-electron chi connectivity index (χ0n) is 11.7. The number of methoxy groups -OCH3 is 1. The number of rotatable bonds is 5. The number of aryl methyl sites for hydroxylation is 2. The van der Waals surface area contributed by atoms with E-state index in [-0.39, 0.29) is 0 Å². The summed E-state index contributed by atoms with van der Waals surface area (Å²) in [6.45, 7) is 5.96. The first kappa shape index (κ1) is 13.6. The molecule has 0 unspecified atom stereocenters. The molecule has 0 fully saturated rings. The van der Waals surface area contributed by atoms with Crippen LogP contribution in [0.2, 0.25) is 0 Å². The molecule has 1 aromatic heterocycles. The van der Waals surface area contributed by atoms with E-state index in [2.05, 4.69) is 42.3 Å². The minimum atomic E-state index is 0.658. The lowest BCUT2D eigenvalue weighted by molar-refractivity contribution is 0.397. The number of benzene rings is 1. The maximum atomic E-state index is 5.11. The van der Waals surface area contributed by atoms with Gasteiger partial charge in [0.15, 0.2) is 0 Å². The van der Waals surface area contributed by atoms with E-state index in [0.717, 1.165) is 13.1 Å². The van der Waals surface area contributed by atoms with E-state index in [0.29, 0.717) is 5.88 Å². The molecule has 0 amide bonds. The highest BCUT2D eigenvalue weighted by molar-refractivity contribution is 5.30. The Hall–Kier alpha value is -1.87. The van der Waals surface area contributed by atoms with Gasteiger partial charge in [-0.05, 0) is 42.2 Å². The first-order chi connectivity index (χ1) is 9.19. The summed E-state index contributed by atoms with van der Waals surface area (Å²) in [5, 5.41) is 3.43. The predicted molar refractivity (Wildman–Crippen MR) is 77.2 cm³/mol. The maximum absolute atomic E-state index is 5.11. The Bertz CT molecular complexity index is 552. The lowest BCUT2D eigenvalue weighted by Gasteiger charge is -2.08. The predicted octanol–water partition coefficient (Wildman–Crippen LogP) is 3.00. The number of ether oxygens (including phenoxy) is 1. The van der Waals surface area contributed by atoms with Gasteiger partial charge in [0.05, 0.1) is 7.11 Å². The first-order valence-electron chi connectivity index (χ1n) is 6.45. The van der Waals surface area contributed by atoms with Gasteiger partial charge in [-0.25, -0.2) is 4.98 Å². The van der Waals surface area contributed by atoms with Crippen molar-refractivity contribution in [3.05, 3.63) is 58.8 Å². The van der Waals surface area contributed by atoms with Gasteiger partial charge in [0.25, 0.3) is 0 Å². The number of aromatic nitrogens is 1. The number of pyridine rings is 1. The Balaban J connectivity index is 1.90. The van der Waals surface area contributed by atoms with Crippen molar-refractivity contribution in [2.45, 2.75) is 26.9 Å². The molecule has 1 aromatic carbocycles. The fourth-order valence-electron chi connectivity index (χ4n) is 1.94.